The molecular weight excluding hydrogens is 374 g/mol. The van der Waals surface area contributed by atoms with Crippen LogP contribution in [0.1, 0.15) is 33.9 Å². The summed E-state index contributed by atoms with van der Waals surface area (Å²) in [6, 6.07) is 23.5. The molecular formula is C23H22ClNOS. The number of rotatable bonds is 7. The average molecular weight is 396 g/mol. The normalized spacial score (nSPS) is 11.8. The molecule has 0 aliphatic carbocycles. The number of carbonyl (C=O) groups is 1. The highest BCUT2D eigenvalue weighted by atomic mass is 35.5. The molecule has 3 aromatic carbocycles. The highest BCUT2D eigenvalue weighted by molar-refractivity contribution is 7.98. The molecule has 3 aromatic rings. The predicted molar refractivity (Wildman–Crippen MR) is 116 cm³/mol. The highest BCUT2D eigenvalue weighted by Crippen LogP contribution is 2.27. The Morgan fingerprint density at radius 3 is 2.19 bits per heavy atom. The Bertz CT molecular complexity index is 889. The van der Waals surface area contributed by atoms with Crippen LogP contribution in [0.15, 0.2) is 77.7 Å². The third kappa shape index (κ3) is 5.38. The summed E-state index contributed by atoms with van der Waals surface area (Å²) in [6.07, 6.45) is 2.43. The van der Waals surface area contributed by atoms with Gasteiger partial charge in [0, 0.05) is 27.6 Å². The smallest absolute Gasteiger partial charge is 0.165 e. The van der Waals surface area contributed by atoms with E-state index in [4.69, 9.17) is 11.6 Å². The van der Waals surface area contributed by atoms with Crippen LogP contribution in [0.5, 0.6) is 0 Å². The zero-order valence-electron chi connectivity index (χ0n) is 15.4. The third-order valence-corrected chi connectivity index (χ3v) is 5.46. The van der Waals surface area contributed by atoms with E-state index in [0.29, 0.717) is 11.4 Å². The van der Waals surface area contributed by atoms with Crippen molar-refractivity contribution >= 4 is 34.8 Å². The number of carbonyl (C=O) groups excluding carboxylic acids is 1. The molecule has 0 amide bonds. The molecule has 1 unspecified atom stereocenters. The van der Waals surface area contributed by atoms with E-state index in [1.54, 1.807) is 11.8 Å². The lowest BCUT2D eigenvalue weighted by Gasteiger charge is -2.20. The number of halogens is 1. The fourth-order valence-corrected chi connectivity index (χ4v) is 3.41. The summed E-state index contributed by atoms with van der Waals surface area (Å²) in [7, 11) is 0. The maximum atomic E-state index is 12.8. The van der Waals surface area contributed by atoms with Crippen molar-refractivity contribution in [2.24, 2.45) is 0 Å². The van der Waals surface area contributed by atoms with Gasteiger partial charge < -0.3 is 5.32 Å². The van der Waals surface area contributed by atoms with Crippen molar-refractivity contribution < 1.29 is 4.79 Å². The maximum absolute atomic E-state index is 12.8. The summed E-state index contributed by atoms with van der Waals surface area (Å²) in [6.45, 7) is 2.02. The van der Waals surface area contributed by atoms with Crippen molar-refractivity contribution in [1.82, 2.24) is 0 Å². The molecule has 0 spiro atoms. The van der Waals surface area contributed by atoms with Gasteiger partial charge >= 0.3 is 0 Å². The first-order chi connectivity index (χ1) is 13.0. The van der Waals surface area contributed by atoms with Crippen molar-refractivity contribution in [2.45, 2.75) is 24.3 Å². The third-order valence-electron chi connectivity index (χ3n) is 4.47. The minimum Gasteiger partial charge on any atom is -0.378 e. The lowest BCUT2D eigenvalue weighted by Crippen LogP contribution is -2.16. The Hall–Kier alpha value is -2.23. The van der Waals surface area contributed by atoms with E-state index < -0.39 is 0 Å². The molecule has 0 radical (unpaired) electrons. The number of hydrogen-bond donors (Lipinski definition) is 1. The van der Waals surface area contributed by atoms with Crippen molar-refractivity contribution in [3.63, 3.8) is 0 Å². The van der Waals surface area contributed by atoms with E-state index >= 15 is 0 Å². The fourth-order valence-electron chi connectivity index (χ4n) is 2.88. The standard InChI is InChI=1S/C23H22ClNOS/c1-16-3-5-18(6-4-16)23(26)15-22(17-7-13-21(27-2)14-8-17)25-20-11-9-19(24)10-12-20/h3-14,22,25H,15H2,1-2H3. The number of nitrogens with one attached hydrogen (secondary N) is 1. The van der Waals surface area contributed by atoms with E-state index in [0.717, 1.165) is 22.4 Å². The second-order valence-corrected chi connectivity index (χ2v) is 7.79. The number of hydrogen-bond acceptors (Lipinski definition) is 3. The van der Waals surface area contributed by atoms with E-state index in [9.17, 15) is 4.79 Å². The first kappa shape index (κ1) is 19.5. The number of Topliss-reactive ketones (excluding diaryl/α,β-unsaturated/α-hetero) is 1. The Kier molecular flexibility index (Phi) is 6.59. The second-order valence-electron chi connectivity index (χ2n) is 6.47. The monoisotopic (exact) mass is 395 g/mol. The minimum atomic E-state index is -0.115. The number of thioether (sulfide) groups is 1. The van der Waals surface area contributed by atoms with Crippen molar-refractivity contribution in [3.05, 3.63) is 94.5 Å². The van der Waals surface area contributed by atoms with Crippen LogP contribution in [0, 0.1) is 6.92 Å². The fraction of sp³-hybridized carbons (Fsp3) is 0.174. The van der Waals surface area contributed by atoms with Gasteiger partial charge in [-0.1, -0.05) is 53.6 Å². The quantitative estimate of drug-likeness (QED) is 0.352. The van der Waals surface area contributed by atoms with Crippen LogP contribution in [0.2, 0.25) is 5.02 Å². The lowest BCUT2D eigenvalue weighted by atomic mass is 9.97. The van der Waals surface area contributed by atoms with E-state index in [1.807, 2.05) is 55.5 Å². The van der Waals surface area contributed by atoms with Crippen molar-refractivity contribution in [1.29, 1.82) is 0 Å². The molecule has 0 saturated carbocycles. The van der Waals surface area contributed by atoms with Crippen LogP contribution in [0.25, 0.3) is 0 Å². The van der Waals surface area contributed by atoms with Gasteiger partial charge in [-0.15, -0.1) is 11.8 Å². The maximum Gasteiger partial charge on any atom is 0.165 e. The number of anilines is 1. The Morgan fingerprint density at radius 2 is 1.59 bits per heavy atom. The van der Waals surface area contributed by atoms with Gasteiger partial charge in [0.25, 0.3) is 0 Å². The summed E-state index contributed by atoms with van der Waals surface area (Å²) >= 11 is 7.70. The van der Waals surface area contributed by atoms with Crippen LogP contribution in [-0.4, -0.2) is 12.0 Å². The van der Waals surface area contributed by atoms with Crippen LogP contribution in [0.4, 0.5) is 5.69 Å². The van der Waals surface area contributed by atoms with Gasteiger partial charge in [-0.05, 0) is 55.1 Å². The van der Waals surface area contributed by atoms with Gasteiger partial charge in [0.15, 0.2) is 5.78 Å². The largest absolute Gasteiger partial charge is 0.378 e. The summed E-state index contributed by atoms with van der Waals surface area (Å²) in [5.41, 5.74) is 3.91. The van der Waals surface area contributed by atoms with Gasteiger partial charge in [-0.25, -0.2) is 0 Å². The second kappa shape index (κ2) is 9.12. The van der Waals surface area contributed by atoms with E-state index in [-0.39, 0.29) is 11.8 Å². The molecule has 0 aromatic heterocycles. The molecule has 27 heavy (non-hydrogen) atoms. The Balaban J connectivity index is 1.84. The van der Waals surface area contributed by atoms with Gasteiger partial charge in [-0.3, -0.25) is 4.79 Å². The molecule has 0 aliphatic heterocycles. The van der Waals surface area contributed by atoms with Gasteiger partial charge in [0.1, 0.15) is 0 Å². The molecule has 0 aliphatic rings. The average Bonchev–Trinajstić information content (AvgIpc) is 2.69. The van der Waals surface area contributed by atoms with E-state index in [2.05, 4.69) is 35.8 Å². The molecule has 1 N–H and O–H groups in total. The minimum absolute atomic E-state index is 0.115. The molecule has 138 valence electrons. The molecule has 2 nitrogen and oxygen atoms in total. The van der Waals surface area contributed by atoms with E-state index in [1.165, 1.54) is 4.90 Å². The molecule has 4 heteroatoms. The first-order valence-electron chi connectivity index (χ1n) is 8.81. The molecule has 0 saturated heterocycles. The lowest BCUT2D eigenvalue weighted by molar-refractivity contribution is 0.0976. The van der Waals surface area contributed by atoms with Crippen molar-refractivity contribution in [2.75, 3.05) is 11.6 Å². The highest BCUT2D eigenvalue weighted by Gasteiger charge is 2.17. The predicted octanol–water partition coefficient (Wildman–Crippen LogP) is 6.80. The van der Waals surface area contributed by atoms with Crippen LogP contribution < -0.4 is 5.32 Å². The Morgan fingerprint density at radius 1 is 0.963 bits per heavy atom. The van der Waals surface area contributed by atoms with Crippen LogP contribution in [0.3, 0.4) is 0 Å². The van der Waals surface area contributed by atoms with Crippen LogP contribution >= 0.6 is 23.4 Å². The topological polar surface area (TPSA) is 29.1 Å². The van der Waals surface area contributed by atoms with Crippen LogP contribution in [-0.2, 0) is 0 Å². The molecule has 0 bridgehead atoms. The SMILES string of the molecule is CSc1ccc(C(CC(=O)c2ccc(C)cc2)Nc2ccc(Cl)cc2)cc1. The summed E-state index contributed by atoms with van der Waals surface area (Å²) in [4.78, 5) is 14.0. The summed E-state index contributed by atoms with van der Waals surface area (Å²) < 4.78 is 0. The number of aryl methyl sites for hydroxylation is 1. The molecule has 1 atom stereocenters. The van der Waals surface area contributed by atoms with Crippen molar-refractivity contribution in [3.8, 4) is 0 Å². The number of ketones is 1. The Labute approximate surface area is 170 Å². The zero-order valence-corrected chi connectivity index (χ0v) is 17.0. The first-order valence-corrected chi connectivity index (χ1v) is 10.4. The summed E-state index contributed by atoms with van der Waals surface area (Å²) in [5, 5.41) is 4.18. The van der Waals surface area contributed by atoms with Gasteiger partial charge in [0.2, 0.25) is 0 Å². The van der Waals surface area contributed by atoms with Gasteiger partial charge in [-0.2, -0.15) is 0 Å². The zero-order chi connectivity index (χ0) is 19.2. The molecule has 0 fully saturated rings. The molecule has 3 rings (SSSR count). The number of benzene rings is 3. The summed E-state index contributed by atoms with van der Waals surface area (Å²) in [5.74, 6) is 0.121. The molecule has 0 heterocycles. The van der Waals surface area contributed by atoms with Gasteiger partial charge in [0.05, 0.1) is 6.04 Å².